The van der Waals surface area contributed by atoms with Gasteiger partial charge in [-0.05, 0) is 49.1 Å². The van der Waals surface area contributed by atoms with Gasteiger partial charge in [0.2, 0.25) is 15.9 Å². The summed E-state index contributed by atoms with van der Waals surface area (Å²) in [4.78, 5) is 27.0. The Morgan fingerprint density at radius 3 is 2.35 bits per heavy atom. The Labute approximate surface area is 182 Å². The maximum atomic E-state index is 13.2. The van der Waals surface area contributed by atoms with Gasteiger partial charge in [-0.2, -0.15) is 4.31 Å². The van der Waals surface area contributed by atoms with Crippen LogP contribution < -0.4 is 5.76 Å². The molecule has 2 fully saturated rings. The second-order valence-electron chi connectivity index (χ2n) is 9.42. The first kappa shape index (κ1) is 22.1. The maximum Gasteiger partial charge on any atom is 0.420 e. The summed E-state index contributed by atoms with van der Waals surface area (Å²) in [5.41, 5.74) is 0.618. The fraction of sp³-hybridized carbons (Fsp3) is 0.636. The molecule has 2 aliphatic rings. The van der Waals surface area contributed by atoms with Gasteiger partial charge in [-0.3, -0.25) is 9.36 Å². The molecule has 0 saturated carbocycles. The second-order valence-corrected chi connectivity index (χ2v) is 11.4. The molecule has 31 heavy (non-hydrogen) atoms. The van der Waals surface area contributed by atoms with Gasteiger partial charge in [0.1, 0.15) is 6.54 Å². The molecular weight excluding hydrogens is 418 g/mol. The van der Waals surface area contributed by atoms with E-state index in [0.29, 0.717) is 49.4 Å². The number of benzene rings is 1. The summed E-state index contributed by atoms with van der Waals surface area (Å²) < 4.78 is 34.5. The highest BCUT2D eigenvalue weighted by Gasteiger charge is 2.32. The van der Waals surface area contributed by atoms with Crippen LogP contribution in [0.2, 0.25) is 0 Å². The van der Waals surface area contributed by atoms with Gasteiger partial charge in [-0.1, -0.05) is 20.8 Å². The Balaban J connectivity index is 1.58. The number of oxazole rings is 1. The number of aromatic nitrogens is 1. The largest absolute Gasteiger partial charge is 0.420 e. The monoisotopic (exact) mass is 449 g/mol. The number of piperidine rings is 2. The van der Waals surface area contributed by atoms with Gasteiger partial charge >= 0.3 is 5.76 Å². The molecule has 2 aliphatic heterocycles. The van der Waals surface area contributed by atoms with E-state index in [4.69, 9.17) is 4.42 Å². The van der Waals surface area contributed by atoms with Crippen molar-refractivity contribution >= 4 is 27.0 Å². The molecule has 0 spiro atoms. The van der Waals surface area contributed by atoms with Crippen LogP contribution in [0.5, 0.6) is 0 Å². The second kappa shape index (κ2) is 8.43. The predicted molar refractivity (Wildman–Crippen MR) is 117 cm³/mol. The first-order valence-electron chi connectivity index (χ1n) is 11.1. The van der Waals surface area contributed by atoms with Crippen molar-refractivity contribution in [3.05, 3.63) is 28.7 Å². The number of likely N-dealkylation sites (tertiary alicyclic amines) is 1. The standard InChI is InChI=1S/C22H31N3O5S/c1-15-6-8-23(9-7-15)21(26)14-25-19-5-4-18(11-20(19)30-22(25)27)31(28,29)24-12-16(2)10-17(3)13-24/h4-5,11,15-17H,6-10,12-14H2,1-3H3/t16-,17-/m0/s1. The van der Waals surface area contributed by atoms with Crippen LogP contribution in [0.4, 0.5) is 0 Å². The molecular formula is C22H31N3O5S. The number of rotatable bonds is 4. The van der Waals surface area contributed by atoms with Crippen molar-refractivity contribution in [2.75, 3.05) is 26.2 Å². The van der Waals surface area contributed by atoms with Crippen LogP contribution in [-0.4, -0.2) is 54.3 Å². The number of carbonyl (C=O) groups excluding carboxylic acids is 1. The van der Waals surface area contributed by atoms with E-state index in [9.17, 15) is 18.0 Å². The molecule has 1 amide bonds. The molecule has 0 aliphatic carbocycles. The third kappa shape index (κ3) is 4.43. The molecule has 2 aromatic rings. The molecule has 0 radical (unpaired) electrons. The number of carbonyl (C=O) groups is 1. The highest BCUT2D eigenvalue weighted by molar-refractivity contribution is 7.89. The fourth-order valence-corrected chi connectivity index (χ4v) is 6.50. The van der Waals surface area contributed by atoms with Gasteiger partial charge in [0.25, 0.3) is 0 Å². The molecule has 1 aromatic heterocycles. The maximum absolute atomic E-state index is 13.2. The van der Waals surface area contributed by atoms with Crippen LogP contribution in [0.3, 0.4) is 0 Å². The molecule has 1 aromatic carbocycles. The molecule has 0 bridgehead atoms. The lowest BCUT2D eigenvalue weighted by Crippen LogP contribution is -2.42. The van der Waals surface area contributed by atoms with Crippen molar-refractivity contribution < 1.29 is 17.6 Å². The first-order chi connectivity index (χ1) is 14.6. The van der Waals surface area contributed by atoms with Gasteiger partial charge < -0.3 is 9.32 Å². The molecule has 0 unspecified atom stereocenters. The van der Waals surface area contributed by atoms with Crippen molar-refractivity contribution in [2.24, 2.45) is 17.8 Å². The molecule has 170 valence electrons. The summed E-state index contributed by atoms with van der Waals surface area (Å²) >= 11 is 0. The van der Waals surface area contributed by atoms with E-state index in [0.717, 1.165) is 19.3 Å². The summed E-state index contributed by atoms with van der Waals surface area (Å²) in [7, 11) is -3.68. The minimum atomic E-state index is -3.68. The molecule has 2 saturated heterocycles. The normalized spacial score (nSPS) is 24.0. The minimum absolute atomic E-state index is 0.104. The summed E-state index contributed by atoms with van der Waals surface area (Å²) in [5.74, 6) is 0.427. The lowest BCUT2D eigenvalue weighted by molar-refractivity contribution is -0.133. The van der Waals surface area contributed by atoms with E-state index in [2.05, 4.69) is 20.8 Å². The Kier molecular flexibility index (Phi) is 6.00. The van der Waals surface area contributed by atoms with Crippen molar-refractivity contribution in [1.82, 2.24) is 13.8 Å². The molecule has 4 rings (SSSR count). The van der Waals surface area contributed by atoms with Crippen LogP contribution in [0.1, 0.15) is 40.0 Å². The lowest BCUT2D eigenvalue weighted by Gasteiger charge is -2.34. The molecule has 2 atom stereocenters. The Hall–Kier alpha value is -2.13. The van der Waals surface area contributed by atoms with Crippen molar-refractivity contribution in [3.63, 3.8) is 0 Å². The Morgan fingerprint density at radius 1 is 1.06 bits per heavy atom. The third-order valence-corrected chi connectivity index (χ3v) is 8.37. The Morgan fingerprint density at radius 2 is 1.71 bits per heavy atom. The summed E-state index contributed by atoms with van der Waals surface area (Å²) in [6.07, 6.45) is 2.93. The molecule has 9 heteroatoms. The zero-order valence-electron chi connectivity index (χ0n) is 18.4. The summed E-state index contributed by atoms with van der Waals surface area (Å²) in [6, 6.07) is 4.47. The summed E-state index contributed by atoms with van der Waals surface area (Å²) in [5, 5.41) is 0. The average Bonchev–Trinajstić information content (AvgIpc) is 3.02. The van der Waals surface area contributed by atoms with Gasteiger partial charge in [0.05, 0.1) is 10.4 Å². The number of hydrogen-bond donors (Lipinski definition) is 0. The number of sulfonamides is 1. The van der Waals surface area contributed by atoms with Crippen LogP contribution in [0.15, 0.2) is 32.3 Å². The molecule has 3 heterocycles. The van der Waals surface area contributed by atoms with Gasteiger partial charge in [-0.15, -0.1) is 0 Å². The third-order valence-electron chi connectivity index (χ3n) is 6.54. The van der Waals surface area contributed by atoms with Gasteiger partial charge in [0, 0.05) is 32.2 Å². The van der Waals surface area contributed by atoms with Crippen molar-refractivity contribution in [2.45, 2.75) is 51.5 Å². The smallest absolute Gasteiger partial charge is 0.408 e. The summed E-state index contributed by atoms with van der Waals surface area (Å²) in [6.45, 7) is 8.54. The Bertz CT molecular complexity index is 1120. The van der Waals surface area contributed by atoms with E-state index in [1.54, 1.807) is 11.0 Å². The topological polar surface area (TPSA) is 92.8 Å². The number of fused-ring (bicyclic) bond motifs is 1. The van der Waals surface area contributed by atoms with Gasteiger partial charge in [0.15, 0.2) is 5.58 Å². The van der Waals surface area contributed by atoms with E-state index in [-0.39, 0.29) is 22.9 Å². The van der Waals surface area contributed by atoms with Crippen molar-refractivity contribution in [3.8, 4) is 0 Å². The van der Waals surface area contributed by atoms with Gasteiger partial charge in [-0.25, -0.2) is 13.2 Å². The van der Waals surface area contributed by atoms with Crippen LogP contribution in [0, 0.1) is 17.8 Å². The zero-order chi connectivity index (χ0) is 22.3. The highest BCUT2D eigenvalue weighted by atomic mass is 32.2. The number of amides is 1. The highest BCUT2D eigenvalue weighted by Crippen LogP contribution is 2.28. The predicted octanol–water partition coefficient (Wildman–Crippen LogP) is 2.52. The van der Waals surface area contributed by atoms with E-state index in [1.165, 1.54) is 21.0 Å². The number of nitrogens with zero attached hydrogens (tertiary/aromatic N) is 3. The van der Waals surface area contributed by atoms with Crippen molar-refractivity contribution in [1.29, 1.82) is 0 Å². The number of hydrogen-bond acceptors (Lipinski definition) is 5. The van der Waals surface area contributed by atoms with Crippen LogP contribution >= 0.6 is 0 Å². The molecule has 0 N–H and O–H groups in total. The quantitative estimate of drug-likeness (QED) is 0.715. The average molecular weight is 450 g/mol. The fourth-order valence-electron chi connectivity index (χ4n) is 4.80. The first-order valence-corrected chi connectivity index (χ1v) is 12.5. The molecule has 8 nitrogen and oxygen atoms in total. The van der Waals surface area contributed by atoms with Crippen LogP contribution in [0.25, 0.3) is 11.1 Å². The minimum Gasteiger partial charge on any atom is -0.408 e. The lowest BCUT2D eigenvalue weighted by atomic mass is 9.94. The SMILES string of the molecule is CC1CCN(C(=O)Cn2c(=O)oc3cc(S(=O)(=O)N4C[C@@H](C)C[C@H](C)C4)ccc32)CC1. The van der Waals surface area contributed by atoms with E-state index in [1.807, 2.05) is 0 Å². The zero-order valence-corrected chi connectivity index (χ0v) is 19.2. The van der Waals surface area contributed by atoms with E-state index < -0.39 is 15.8 Å². The van der Waals surface area contributed by atoms with Crippen LogP contribution in [-0.2, 0) is 21.4 Å². The van der Waals surface area contributed by atoms with E-state index >= 15 is 0 Å².